The second kappa shape index (κ2) is 6.68. The van der Waals surface area contributed by atoms with E-state index in [0.717, 1.165) is 61.9 Å². The zero-order chi connectivity index (χ0) is 21.4. The van der Waals surface area contributed by atoms with Gasteiger partial charge in [-0.2, -0.15) is 0 Å². The maximum Gasteiger partial charge on any atom is 0.231 e. The molecule has 7 rings (SSSR count). The third kappa shape index (κ3) is 2.94. The Bertz CT molecular complexity index is 1190. The predicted octanol–water partition coefficient (Wildman–Crippen LogP) is 3.43. The molecule has 0 radical (unpaired) electrons. The topological polar surface area (TPSA) is 53.3 Å². The van der Waals surface area contributed by atoms with Crippen molar-refractivity contribution in [3.05, 3.63) is 58.5 Å². The van der Waals surface area contributed by atoms with E-state index in [1.54, 1.807) is 0 Å². The lowest BCUT2D eigenvalue weighted by Crippen LogP contribution is -2.73. The lowest BCUT2D eigenvalue weighted by Gasteiger charge is -2.60. The number of anilines is 2. The van der Waals surface area contributed by atoms with Crippen LogP contribution in [0.1, 0.15) is 29.8 Å². The molecule has 1 aliphatic carbocycles. The highest BCUT2D eigenvalue weighted by atomic mass is 35.5. The van der Waals surface area contributed by atoms with Gasteiger partial charge in [0.1, 0.15) is 5.82 Å². The van der Waals surface area contributed by atoms with Crippen molar-refractivity contribution >= 4 is 23.4 Å². The average molecular weight is 448 g/mol. The molecule has 0 amide bonds. The van der Waals surface area contributed by atoms with Crippen molar-refractivity contribution in [1.29, 1.82) is 0 Å². The van der Waals surface area contributed by atoms with Crippen molar-refractivity contribution in [3.63, 3.8) is 0 Å². The normalized spacial score (nSPS) is 21.6. The summed E-state index contributed by atoms with van der Waals surface area (Å²) in [5.41, 5.74) is 3.98. The molecule has 164 valence electrons. The lowest BCUT2D eigenvalue weighted by atomic mass is 9.73. The maximum atomic E-state index is 6.37. The molecular formula is C24H26ClN7. The van der Waals surface area contributed by atoms with Gasteiger partial charge in [-0.3, -0.25) is 9.47 Å². The fraction of sp³-hybridized carbons (Fsp3) is 0.458. The summed E-state index contributed by atoms with van der Waals surface area (Å²) in [6.45, 7) is 7.99. The highest BCUT2D eigenvalue weighted by Gasteiger charge is 2.53. The van der Waals surface area contributed by atoms with Crippen LogP contribution in [-0.4, -0.2) is 56.9 Å². The van der Waals surface area contributed by atoms with Crippen molar-refractivity contribution in [2.24, 2.45) is 5.41 Å². The molecule has 0 bridgehead atoms. The van der Waals surface area contributed by atoms with Crippen LogP contribution in [0.25, 0.3) is 5.69 Å². The second-order valence-corrected chi connectivity index (χ2v) is 10.5. The number of aromatic nitrogens is 4. The molecule has 3 aromatic rings. The molecule has 1 aromatic carbocycles. The Morgan fingerprint density at radius 3 is 2.53 bits per heavy atom. The summed E-state index contributed by atoms with van der Waals surface area (Å²) in [5, 5.41) is 10.1. The van der Waals surface area contributed by atoms with Gasteiger partial charge in [-0.25, -0.2) is 4.98 Å². The first-order valence-electron chi connectivity index (χ1n) is 11.5. The maximum absolute atomic E-state index is 6.37. The van der Waals surface area contributed by atoms with Crippen LogP contribution in [0.2, 0.25) is 5.02 Å². The Morgan fingerprint density at radius 1 is 0.969 bits per heavy atom. The zero-order valence-electron chi connectivity index (χ0n) is 18.2. The van der Waals surface area contributed by atoms with Gasteiger partial charge < -0.3 is 9.80 Å². The Balaban J connectivity index is 1.14. The van der Waals surface area contributed by atoms with Crippen LogP contribution < -0.4 is 9.80 Å². The first-order chi connectivity index (χ1) is 15.6. The largest absolute Gasteiger partial charge is 0.355 e. The molecule has 0 atom stereocenters. The number of nitrogens with zero attached hydrogens (tertiary/aromatic N) is 7. The van der Waals surface area contributed by atoms with Crippen LogP contribution in [0.3, 0.4) is 0 Å². The highest BCUT2D eigenvalue weighted by Crippen LogP contribution is 2.44. The van der Waals surface area contributed by atoms with Crippen molar-refractivity contribution in [1.82, 2.24) is 24.6 Å². The SMILES string of the molecule is Cc1ccc(N2CC3(C2)CN(c2nnc4n2-c2ccc(Cl)cc2CN(C2CC2)C4)C3)nc1. The minimum Gasteiger partial charge on any atom is -0.355 e. The number of fused-ring (bicyclic) bond motifs is 3. The van der Waals surface area contributed by atoms with Gasteiger partial charge in [0, 0.05) is 55.4 Å². The van der Waals surface area contributed by atoms with E-state index in [2.05, 4.69) is 65.6 Å². The van der Waals surface area contributed by atoms with Crippen LogP contribution in [0, 0.1) is 12.3 Å². The quantitative estimate of drug-likeness (QED) is 0.613. The van der Waals surface area contributed by atoms with E-state index in [0.29, 0.717) is 11.5 Å². The van der Waals surface area contributed by atoms with E-state index in [1.165, 1.54) is 29.7 Å². The van der Waals surface area contributed by atoms with Gasteiger partial charge >= 0.3 is 0 Å². The number of benzene rings is 1. The van der Waals surface area contributed by atoms with Gasteiger partial charge in [-0.15, -0.1) is 10.2 Å². The van der Waals surface area contributed by atoms with Gasteiger partial charge in [0.15, 0.2) is 5.82 Å². The molecule has 0 unspecified atom stereocenters. The van der Waals surface area contributed by atoms with Gasteiger partial charge in [0.2, 0.25) is 5.95 Å². The number of pyridine rings is 1. The van der Waals surface area contributed by atoms with Gasteiger partial charge in [-0.1, -0.05) is 17.7 Å². The Kier molecular flexibility index (Phi) is 3.94. The Hall–Kier alpha value is -2.64. The van der Waals surface area contributed by atoms with E-state index in [1.807, 2.05) is 12.3 Å². The molecule has 1 saturated carbocycles. The van der Waals surface area contributed by atoms with Gasteiger partial charge in [0.25, 0.3) is 0 Å². The number of hydrogen-bond acceptors (Lipinski definition) is 6. The highest BCUT2D eigenvalue weighted by molar-refractivity contribution is 6.30. The molecule has 3 aliphatic heterocycles. The number of hydrogen-bond donors (Lipinski definition) is 0. The molecule has 2 aromatic heterocycles. The van der Waals surface area contributed by atoms with Crippen molar-refractivity contribution < 1.29 is 0 Å². The van der Waals surface area contributed by atoms with Crippen LogP contribution in [-0.2, 0) is 13.1 Å². The van der Waals surface area contributed by atoms with E-state index in [4.69, 9.17) is 11.6 Å². The average Bonchev–Trinajstić information content (AvgIpc) is 3.51. The molecule has 3 fully saturated rings. The van der Waals surface area contributed by atoms with Crippen molar-refractivity contribution in [3.8, 4) is 5.69 Å². The first-order valence-corrected chi connectivity index (χ1v) is 11.8. The predicted molar refractivity (Wildman–Crippen MR) is 124 cm³/mol. The molecule has 1 spiro atoms. The van der Waals surface area contributed by atoms with Crippen LogP contribution >= 0.6 is 11.6 Å². The van der Waals surface area contributed by atoms with Gasteiger partial charge in [-0.05, 0) is 55.2 Å². The van der Waals surface area contributed by atoms with Crippen LogP contribution in [0.4, 0.5) is 11.8 Å². The Labute approximate surface area is 192 Å². The molecule has 0 N–H and O–H groups in total. The fourth-order valence-electron chi connectivity index (χ4n) is 5.59. The summed E-state index contributed by atoms with van der Waals surface area (Å²) in [6.07, 6.45) is 4.50. The number of halogens is 1. The van der Waals surface area contributed by atoms with Crippen molar-refractivity contribution in [2.75, 3.05) is 36.0 Å². The van der Waals surface area contributed by atoms with E-state index >= 15 is 0 Å². The van der Waals surface area contributed by atoms with Crippen molar-refractivity contribution in [2.45, 2.75) is 38.9 Å². The zero-order valence-corrected chi connectivity index (χ0v) is 19.0. The summed E-state index contributed by atoms with van der Waals surface area (Å²) in [5.74, 6) is 3.09. The summed E-state index contributed by atoms with van der Waals surface area (Å²) >= 11 is 6.37. The molecule has 8 heteroatoms. The first kappa shape index (κ1) is 18.9. The smallest absolute Gasteiger partial charge is 0.231 e. The van der Waals surface area contributed by atoms with E-state index in [9.17, 15) is 0 Å². The third-order valence-electron chi connectivity index (χ3n) is 7.38. The Morgan fingerprint density at radius 2 is 1.78 bits per heavy atom. The summed E-state index contributed by atoms with van der Waals surface area (Å²) in [7, 11) is 0. The lowest BCUT2D eigenvalue weighted by molar-refractivity contribution is 0.153. The molecule has 5 heterocycles. The molecule has 32 heavy (non-hydrogen) atoms. The molecule has 4 aliphatic rings. The fourth-order valence-corrected chi connectivity index (χ4v) is 5.79. The van der Waals surface area contributed by atoms with Gasteiger partial charge in [0.05, 0.1) is 12.2 Å². The number of rotatable bonds is 3. The van der Waals surface area contributed by atoms with E-state index < -0.39 is 0 Å². The molecule has 7 nitrogen and oxygen atoms in total. The van der Waals surface area contributed by atoms with Crippen LogP contribution in [0.15, 0.2) is 36.5 Å². The third-order valence-corrected chi connectivity index (χ3v) is 7.62. The summed E-state index contributed by atoms with van der Waals surface area (Å²) in [4.78, 5) is 11.9. The monoisotopic (exact) mass is 447 g/mol. The minimum absolute atomic E-state index is 0.340. The summed E-state index contributed by atoms with van der Waals surface area (Å²) in [6, 6.07) is 11.2. The molecular weight excluding hydrogens is 422 g/mol. The second-order valence-electron chi connectivity index (χ2n) is 10.1. The molecule has 2 saturated heterocycles. The van der Waals surface area contributed by atoms with E-state index in [-0.39, 0.29) is 0 Å². The standard InChI is InChI=1S/C24H26ClN7/c1-16-2-7-21(26-9-16)30-12-24(13-30)14-31(15-24)23-28-27-22-11-29(19-4-5-19)10-17-8-18(25)3-6-20(17)32(22)23/h2-3,6-9,19H,4-5,10-15H2,1H3. The van der Waals surface area contributed by atoms with Crippen LogP contribution in [0.5, 0.6) is 0 Å². The summed E-state index contributed by atoms with van der Waals surface area (Å²) < 4.78 is 2.28. The number of aryl methyl sites for hydroxylation is 1. The minimum atomic E-state index is 0.340.